The molecule has 0 saturated carbocycles. The van der Waals surface area contributed by atoms with Gasteiger partial charge in [-0.25, -0.2) is 0 Å². The standard InChI is InChI=1S/C20H33AsF6GeN2/c1-6-9-12-28(13-10-7-2,14-11-8-3)30-16-17(15-29)18(21(4)5,19(22,23)24)20(25,26)27/h6-14H2,1-5H3. The van der Waals surface area contributed by atoms with E-state index in [-0.39, 0.29) is 0 Å². The van der Waals surface area contributed by atoms with E-state index in [1.54, 1.807) is 0 Å². The second-order valence-electron chi connectivity index (χ2n) is 7.85. The Hall–Kier alpha value is -0.379. The quantitative estimate of drug-likeness (QED) is 0.102. The number of nitriles is 1. The number of rotatable bonds is 12. The van der Waals surface area contributed by atoms with Crippen LogP contribution in [0.1, 0.15) is 59.3 Å². The van der Waals surface area contributed by atoms with Crippen molar-refractivity contribution in [3.05, 3.63) is 5.57 Å². The zero-order valence-electron chi connectivity index (χ0n) is 18.5. The molecule has 0 bridgehead atoms. The molecule has 0 fully saturated rings. The predicted molar refractivity (Wildman–Crippen MR) is 114 cm³/mol. The minimum atomic E-state index is -5.62. The van der Waals surface area contributed by atoms with Gasteiger partial charge in [-0.1, -0.05) is 0 Å². The molecule has 2 nitrogen and oxygen atoms in total. The normalized spacial score (nSPS) is 13.2. The van der Waals surface area contributed by atoms with Crippen LogP contribution >= 0.6 is 0 Å². The van der Waals surface area contributed by atoms with Crippen LogP contribution in [-0.2, 0) is 0 Å². The Balaban J connectivity index is 6.87. The van der Waals surface area contributed by atoms with Gasteiger partial charge in [0.1, 0.15) is 0 Å². The molecule has 0 amide bonds. The first-order chi connectivity index (χ1) is 13.8. The van der Waals surface area contributed by atoms with Gasteiger partial charge in [-0.2, -0.15) is 0 Å². The van der Waals surface area contributed by atoms with Gasteiger partial charge in [0.25, 0.3) is 0 Å². The molecule has 0 radical (unpaired) electrons. The molecule has 0 rings (SSSR count). The van der Waals surface area contributed by atoms with E-state index in [0.717, 1.165) is 65.7 Å². The first kappa shape index (κ1) is 29.6. The van der Waals surface area contributed by atoms with E-state index in [4.69, 9.17) is 0 Å². The van der Waals surface area contributed by atoms with Crippen LogP contribution in [-0.4, -0.2) is 46.4 Å². The molecule has 0 spiro atoms. The van der Waals surface area contributed by atoms with Crippen molar-refractivity contribution in [3.63, 3.8) is 0 Å². The number of nitrogens with zero attached hydrogens (tertiary/aromatic N) is 2. The Morgan fingerprint density at radius 3 is 1.43 bits per heavy atom. The summed E-state index contributed by atoms with van der Waals surface area (Å²) >= 11 is -6.75. The molecule has 0 heterocycles. The third kappa shape index (κ3) is 7.07. The topological polar surface area (TPSA) is 36.1 Å². The maximum absolute atomic E-state index is 13.9. The molecular weight excluding hydrogens is 530 g/mol. The van der Waals surface area contributed by atoms with Crippen molar-refractivity contribution in [3.8, 4) is 6.07 Å². The molecule has 0 N–H and O–H groups in total. The SMILES string of the molecule is CCC[CH2][Ge]([CH2]CCC)([CH2]CCC)[N]=C=C(C#N)C([As](C)C)(C(F)(F)F)C(F)(F)F. The van der Waals surface area contributed by atoms with Gasteiger partial charge < -0.3 is 0 Å². The molecule has 10 heteroatoms. The number of allylic oxidation sites excluding steroid dienone is 1. The Morgan fingerprint density at radius 2 is 1.20 bits per heavy atom. The third-order valence-electron chi connectivity index (χ3n) is 5.36. The van der Waals surface area contributed by atoms with E-state index in [9.17, 15) is 31.6 Å². The molecule has 0 unspecified atom stereocenters. The average Bonchev–Trinajstić information content (AvgIpc) is 2.62. The minimum absolute atomic E-state index is 0.743. The molecule has 30 heavy (non-hydrogen) atoms. The Bertz CT molecular complexity index is 595. The molecule has 0 aliphatic carbocycles. The number of hydrogen-bond donors (Lipinski definition) is 0. The summed E-state index contributed by atoms with van der Waals surface area (Å²) in [6.07, 6.45) is -6.09. The van der Waals surface area contributed by atoms with Crippen LogP contribution in [0.15, 0.2) is 9.52 Å². The van der Waals surface area contributed by atoms with Crippen LogP contribution in [0, 0.1) is 11.3 Å². The summed E-state index contributed by atoms with van der Waals surface area (Å²) in [7, 11) is 0. The monoisotopic (exact) mass is 564 g/mol. The first-order valence-electron chi connectivity index (χ1n) is 10.4. The summed E-state index contributed by atoms with van der Waals surface area (Å²) in [6.45, 7) is 5.99. The van der Waals surface area contributed by atoms with Crippen molar-refractivity contribution in [1.82, 2.24) is 0 Å². The Morgan fingerprint density at radius 1 is 0.833 bits per heavy atom. The maximum atomic E-state index is 13.9. The van der Waals surface area contributed by atoms with Gasteiger partial charge in [-0.15, -0.1) is 0 Å². The number of unbranched alkanes of at least 4 members (excludes halogenated alkanes) is 3. The van der Waals surface area contributed by atoms with Crippen molar-refractivity contribution in [2.45, 2.75) is 103 Å². The van der Waals surface area contributed by atoms with Crippen molar-refractivity contribution in [1.29, 1.82) is 5.26 Å². The zero-order chi connectivity index (χ0) is 23.6. The average molecular weight is 563 g/mol. The molecule has 174 valence electrons. The molecule has 0 aliphatic rings. The van der Waals surface area contributed by atoms with E-state index in [0.29, 0.717) is 0 Å². The summed E-state index contributed by atoms with van der Waals surface area (Å²) < 4.78 is 83.5. The van der Waals surface area contributed by atoms with E-state index in [2.05, 4.69) is 9.82 Å². The van der Waals surface area contributed by atoms with Crippen LogP contribution in [0.3, 0.4) is 0 Å². The summed E-state index contributed by atoms with van der Waals surface area (Å²) in [5.41, 5.74) is 0.562. The van der Waals surface area contributed by atoms with E-state index in [1.165, 1.54) is 6.07 Å². The fourth-order valence-corrected chi connectivity index (χ4v) is 16.2. The molecule has 0 aliphatic heterocycles. The molecule has 0 aromatic heterocycles. The fraction of sp³-hybridized carbons (Fsp3) is 0.850. The fourth-order valence-electron chi connectivity index (χ4n) is 3.60. The van der Waals surface area contributed by atoms with Gasteiger partial charge in [-0.3, -0.25) is 0 Å². The summed E-state index contributed by atoms with van der Waals surface area (Å²) in [4.78, 5) is 0. The number of hydrogen-bond acceptors (Lipinski definition) is 2. The van der Waals surface area contributed by atoms with Gasteiger partial charge >= 0.3 is 184 Å². The Labute approximate surface area is 184 Å². The van der Waals surface area contributed by atoms with Crippen LogP contribution < -0.4 is 0 Å². The van der Waals surface area contributed by atoms with Gasteiger partial charge in [0.15, 0.2) is 0 Å². The van der Waals surface area contributed by atoms with Crippen LogP contribution in [0.25, 0.3) is 0 Å². The number of alkyl halides is 6. The molecular formula is C20H33AsF6GeN2. The van der Waals surface area contributed by atoms with Gasteiger partial charge in [0.05, 0.1) is 0 Å². The van der Waals surface area contributed by atoms with E-state index in [1.807, 2.05) is 20.8 Å². The van der Waals surface area contributed by atoms with Gasteiger partial charge in [0.2, 0.25) is 0 Å². The van der Waals surface area contributed by atoms with Crippen molar-refractivity contribution in [2.75, 3.05) is 0 Å². The summed E-state index contributed by atoms with van der Waals surface area (Å²) in [5.74, 6) is 2.13. The van der Waals surface area contributed by atoms with Crippen molar-refractivity contribution < 1.29 is 26.3 Å². The van der Waals surface area contributed by atoms with E-state index >= 15 is 0 Å². The molecule has 0 saturated heterocycles. The van der Waals surface area contributed by atoms with Crippen molar-refractivity contribution >= 4 is 34.0 Å². The Kier molecular flexibility index (Phi) is 12.4. The summed E-state index contributed by atoms with van der Waals surface area (Å²) in [6, 6.07) is 1.22. The zero-order valence-corrected chi connectivity index (χ0v) is 22.4. The summed E-state index contributed by atoms with van der Waals surface area (Å²) in [5, 5.41) is 11.6. The second kappa shape index (κ2) is 12.6. The van der Waals surface area contributed by atoms with E-state index < -0.39 is 50.3 Å². The molecule has 0 aromatic rings. The second-order valence-corrected chi connectivity index (χ2v) is 21.8. The number of halogens is 6. The third-order valence-corrected chi connectivity index (χ3v) is 19.0. The molecule has 0 atom stereocenters. The molecule has 0 aromatic carbocycles. The van der Waals surface area contributed by atoms with Crippen molar-refractivity contribution in [2.24, 2.45) is 3.95 Å². The van der Waals surface area contributed by atoms with Crippen LogP contribution in [0.2, 0.25) is 31.4 Å². The van der Waals surface area contributed by atoms with Crippen LogP contribution in [0.4, 0.5) is 26.3 Å². The predicted octanol–water partition coefficient (Wildman–Crippen LogP) is 8.07. The van der Waals surface area contributed by atoms with Gasteiger partial charge in [0, 0.05) is 0 Å². The first-order valence-corrected chi connectivity index (χ1v) is 20.4. The van der Waals surface area contributed by atoms with Crippen LogP contribution in [0.5, 0.6) is 0 Å². The van der Waals surface area contributed by atoms with Gasteiger partial charge in [-0.05, 0) is 0 Å².